The van der Waals surface area contributed by atoms with Gasteiger partial charge < -0.3 is 5.11 Å². The molecular weight excluding hydrogens is 537 g/mol. The van der Waals surface area contributed by atoms with Gasteiger partial charge in [-0.2, -0.15) is 0 Å². The molecule has 0 bridgehead atoms. The van der Waals surface area contributed by atoms with Crippen LogP contribution in [0.2, 0.25) is 0 Å². The number of phenols is 1. The van der Waals surface area contributed by atoms with Crippen molar-refractivity contribution in [3.63, 3.8) is 0 Å². The molecule has 41 heavy (non-hydrogen) atoms. The Balaban J connectivity index is 1.47. The van der Waals surface area contributed by atoms with Crippen LogP contribution in [-0.4, -0.2) is 23.1 Å². The number of thiazole rings is 1. The Morgan fingerprint density at radius 1 is 0.561 bits per heavy atom. The summed E-state index contributed by atoms with van der Waals surface area (Å²) in [7, 11) is -2.75. The van der Waals surface area contributed by atoms with E-state index in [0.717, 1.165) is 37.2 Å². The molecular formula is C36H26N2OSSi. The van der Waals surface area contributed by atoms with Crippen molar-refractivity contribution in [2.24, 2.45) is 0 Å². The maximum Gasteiger partial charge on any atom is 0.201 e. The molecule has 0 amide bonds. The Morgan fingerprint density at radius 2 is 1.20 bits per heavy atom. The fourth-order valence-corrected chi connectivity index (χ4v) is 11.4. The molecule has 5 aromatic carbocycles. The molecule has 0 atom stereocenters. The molecule has 0 fully saturated rings. The van der Waals surface area contributed by atoms with Crippen molar-refractivity contribution < 1.29 is 5.11 Å². The van der Waals surface area contributed by atoms with Gasteiger partial charge in [-0.1, -0.05) is 115 Å². The number of fused-ring (bicyclic) bond motifs is 1. The van der Waals surface area contributed by atoms with Crippen LogP contribution in [0.1, 0.15) is 0 Å². The van der Waals surface area contributed by atoms with E-state index in [0.29, 0.717) is 0 Å². The number of rotatable bonds is 6. The number of aromatic nitrogens is 2. The first-order valence-electron chi connectivity index (χ1n) is 13.6. The quantitative estimate of drug-likeness (QED) is 0.197. The standard InChI is InChI=1S/C36H26N2OSSi/c39-32-21-8-7-19-31(32)36-38-35-30(20-12-22-33(35)40-36)26-13-11-18-29(25-26)41(27-14-3-1-4-15-27,28-16-5-2-6-17-28)34-23-9-10-24-37-34/h1-25,39H. The average molecular weight is 563 g/mol. The highest BCUT2D eigenvalue weighted by atomic mass is 32.1. The minimum atomic E-state index is -2.75. The number of para-hydroxylation sites is 2. The average Bonchev–Trinajstić information content (AvgIpc) is 3.48. The van der Waals surface area contributed by atoms with E-state index in [1.165, 1.54) is 15.6 Å². The molecule has 7 rings (SSSR count). The van der Waals surface area contributed by atoms with Crippen molar-refractivity contribution in [3.8, 4) is 27.4 Å². The first kappa shape index (κ1) is 25.1. The van der Waals surface area contributed by atoms with E-state index in [9.17, 15) is 5.11 Å². The van der Waals surface area contributed by atoms with Gasteiger partial charge in [0.05, 0.1) is 15.8 Å². The van der Waals surface area contributed by atoms with Crippen LogP contribution in [0.4, 0.5) is 0 Å². The van der Waals surface area contributed by atoms with E-state index in [1.807, 2.05) is 30.5 Å². The number of benzene rings is 5. The van der Waals surface area contributed by atoms with Crippen LogP contribution in [0, 0.1) is 0 Å². The molecule has 7 aromatic rings. The molecule has 0 saturated heterocycles. The fourth-order valence-electron chi connectivity index (χ4n) is 5.78. The van der Waals surface area contributed by atoms with Gasteiger partial charge in [-0.05, 0) is 51.5 Å². The molecule has 0 aliphatic carbocycles. The van der Waals surface area contributed by atoms with Crippen molar-refractivity contribution in [3.05, 3.63) is 152 Å². The zero-order valence-corrected chi connectivity index (χ0v) is 24.0. The molecule has 3 nitrogen and oxygen atoms in total. The lowest BCUT2D eigenvalue weighted by molar-refractivity contribution is 0.477. The van der Waals surface area contributed by atoms with Gasteiger partial charge in [0.1, 0.15) is 10.8 Å². The molecule has 196 valence electrons. The van der Waals surface area contributed by atoms with Gasteiger partial charge >= 0.3 is 0 Å². The Kier molecular flexibility index (Phi) is 6.51. The highest BCUT2D eigenvalue weighted by Crippen LogP contribution is 2.38. The first-order chi connectivity index (χ1) is 20.2. The van der Waals surface area contributed by atoms with Crippen LogP contribution in [0.5, 0.6) is 5.75 Å². The van der Waals surface area contributed by atoms with E-state index in [4.69, 9.17) is 9.97 Å². The van der Waals surface area contributed by atoms with Gasteiger partial charge in [-0.25, -0.2) is 4.98 Å². The molecule has 0 aliphatic rings. The summed E-state index contributed by atoms with van der Waals surface area (Å²) in [6, 6.07) is 50.6. The topological polar surface area (TPSA) is 46.0 Å². The number of pyridine rings is 1. The summed E-state index contributed by atoms with van der Waals surface area (Å²) in [6.07, 6.45) is 1.91. The summed E-state index contributed by atoms with van der Waals surface area (Å²) in [6.45, 7) is 0. The number of phenolic OH excluding ortho intramolecular Hbond substituents is 1. The summed E-state index contributed by atoms with van der Waals surface area (Å²) in [5.41, 5.74) is 3.88. The summed E-state index contributed by atoms with van der Waals surface area (Å²) < 4.78 is 1.09. The second kappa shape index (κ2) is 10.6. The SMILES string of the molecule is Oc1ccccc1-c1nc2c(-c3cccc([Si](c4ccccc4)(c4ccccc4)c4ccccn4)c3)cccc2s1. The zero-order chi connectivity index (χ0) is 27.6. The Bertz CT molecular complexity index is 1860. The highest BCUT2D eigenvalue weighted by Gasteiger charge is 2.42. The monoisotopic (exact) mass is 562 g/mol. The molecule has 5 heteroatoms. The third-order valence-electron chi connectivity index (χ3n) is 7.62. The molecule has 0 aliphatic heterocycles. The molecule has 0 radical (unpaired) electrons. The van der Waals surface area contributed by atoms with E-state index < -0.39 is 8.07 Å². The third kappa shape index (κ3) is 4.36. The molecule has 0 spiro atoms. The minimum absolute atomic E-state index is 0.243. The van der Waals surface area contributed by atoms with Crippen LogP contribution in [0.15, 0.2) is 152 Å². The molecule has 0 unspecified atom stereocenters. The predicted octanol–water partition coefficient (Wildman–Crippen LogP) is 6.11. The van der Waals surface area contributed by atoms with Gasteiger partial charge in [0.2, 0.25) is 8.07 Å². The van der Waals surface area contributed by atoms with Crippen molar-refractivity contribution >= 4 is 50.5 Å². The third-order valence-corrected chi connectivity index (χ3v) is 13.3. The van der Waals surface area contributed by atoms with Crippen LogP contribution >= 0.6 is 11.3 Å². The lowest BCUT2D eigenvalue weighted by Gasteiger charge is -2.33. The van der Waals surface area contributed by atoms with Crippen molar-refractivity contribution in [2.45, 2.75) is 0 Å². The van der Waals surface area contributed by atoms with Crippen LogP contribution in [0.3, 0.4) is 0 Å². The van der Waals surface area contributed by atoms with Gasteiger partial charge in [-0.15, -0.1) is 11.3 Å². The Morgan fingerprint density at radius 3 is 1.90 bits per heavy atom. The Labute approximate surface area is 244 Å². The molecule has 2 aromatic heterocycles. The van der Waals surface area contributed by atoms with Crippen molar-refractivity contribution in [1.82, 2.24) is 9.97 Å². The Hall–Kier alpha value is -4.84. The summed E-state index contributed by atoms with van der Waals surface area (Å²) in [4.78, 5) is 10.0. The normalized spacial score (nSPS) is 11.5. The second-order valence-corrected chi connectivity index (χ2v) is 14.7. The maximum absolute atomic E-state index is 10.5. The molecule has 2 heterocycles. The van der Waals surface area contributed by atoms with Crippen molar-refractivity contribution in [1.29, 1.82) is 0 Å². The maximum atomic E-state index is 10.5. The minimum Gasteiger partial charge on any atom is -0.507 e. The number of aromatic hydroxyl groups is 1. The summed E-state index contributed by atoms with van der Waals surface area (Å²) >= 11 is 1.60. The van der Waals surface area contributed by atoms with Gasteiger partial charge in [-0.3, -0.25) is 4.98 Å². The van der Waals surface area contributed by atoms with E-state index in [2.05, 4.69) is 115 Å². The first-order valence-corrected chi connectivity index (χ1v) is 16.4. The number of nitrogens with zero attached hydrogens (tertiary/aromatic N) is 2. The summed E-state index contributed by atoms with van der Waals surface area (Å²) in [5.74, 6) is 0.243. The van der Waals surface area contributed by atoms with Crippen LogP contribution in [0.25, 0.3) is 31.9 Å². The fraction of sp³-hybridized carbons (Fsp3) is 0. The van der Waals surface area contributed by atoms with Crippen LogP contribution < -0.4 is 20.9 Å². The molecule has 0 saturated carbocycles. The van der Waals surface area contributed by atoms with E-state index in [1.54, 1.807) is 17.4 Å². The van der Waals surface area contributed by atoms with Crippen molar-refractivity contribution in [2.75, 3.05) is 0 Å². The smallest absolute Gasteiger partial charge is 0.201 e. The lowest BCUT2D eigenvalue weighted by atomic mass is 10.0. The lowest BCUT2D eigenvalue weighted by Crippen LogP contribution is -2.75. The summed E-state index contributed by atoms with van der Waals surface area (Å²) in [5, 5.41) is 16.2. The largest absolute Gasteiger partial charge is 0.507 e. The van der Waals surface area contributed by atoms with E-state index in [-0.39, 0.29) is 5.75 Å². The van der Waals surface area contributed by atoms with E-state index >= 15 is 0 Å². The van der Waals surface area contributed by atoms with Gasteiger partial charge in [0.15, 0.2) is 0 Å². The van der Waals surface area contributed by atoms with Crippen LogP contribution in [-0.2, 0) is 0 Å². The zero-order valence-electron chi connectivity index (χ0n) is 22.2. The predicted molar refractivity (Wildman–Crippen MR) is 174 cm³/mol. The number of hydrogen-bond acceptors (Lipinski definition) is 4. The number of hydrogen-bond donors (Lipinski definition) is 1. The van der Waals surface area contributed by atoms with Gasteiger partial charge in [0.25, 0.3) is 0 Å². The highest BCUT2D eigenvalue weighted by molar-refractivity contribution is 7.21. The second-order valence-electron chi connectivity index (χ2n) is 9.97. The molecule has 1 N–H and O–H groups in total. The van der Waals surface area contributed by atoms with Gasteiger partial charge in [0, 0.05) is 17.1 Å².